The van der Waals surface area contributed by atoms with Crippen molar-refractivity contribution in [3.05, 3.63) is 45.5 Å². The number of aromatic nitrogens is 3. The summed E-state index contributed by atoms with van der Waals surface area (Å²) in [6.45, 7) is 4.30. The van der Waals surface area contributed by atoms with E-state index in [2.05, 4.69) is 20.4 Å². The molecule has 2 heterocycles. The van der Waals surface area contributed by atoms with E-state index in [1.165, 1.54) is 12.3 Å². The van der Waals surface area contributed by atoms with Crippen molar-refractivity contribution in [2.24, 2.45) is 0 Å². The molecular weight excluding hydrogens is 284 g/mol. The summed E-state index contributed by atoms with van der Waals surface area (Å²) < 4.78 is 4.95. The van der Waals surface area contributed by atoms with Crippen molar-refractivity contribution in [3.8, 4) is 0 Å². The van der Waals surface area contributed by atoms with Crippen LogP contribution in [0.4, 0.5) is 0 Å². The fourth-order valence-corrected chi connectivity index (χ4v) is 2.28. The minimum atomic E-state index is -0.371. The van der Waals surface area contributed by atoms with Gasteiger partial charge in [0.1, 0.15) is 17.8 Å². The smallest absolute Gasteiger partial charge is 0.270 e. The van der Waals surface area contributed by atoms with Crippen molar-refractivity contribution in [3.63, 3.8) is 0 Å². The van der Waals surface area contributed by atoms with Crippen LogP contribution in [0.1, 0.15) is 66.1 Å². The Morgan fingerprint density at radius 1 is 1.50 bits per heavy atom. The van der Waals surface area contributed by atoms with Crippen LogP contribution in [0.15, 0.2) is 21.6 Å². The molecule has 116 valence electrons. The lowest BCUT2D eigenvalue weighted by atomic mass is 10.1. The minimum absolute atomic E-state index is 0.146. The maximum atomic E-state index is 12.2. The Morgan fingerprint density at radius 3 is 2.95 bits per heavy atom. The van der Waals surface area contributed by atoms with Crippen LogP contribution < -0.4 is 10.9 Å². The average Bonchev–Trinajstić information content (AvgIpc) is 3.22. The maximum absolute atomic E-state index is 12.2. The molecule has 0 atom stereocenters. The molecule has 1 aliphatic rings. The lowest BCUT2D eigenvalue weighted by Gasteiger charge is -2.07. The minimum Gasteiger partial charge on any atom is -0.364 e. The van der Waals surface area contributed by atoms with Gasteiger partial charge in [-0.1, -0.05) is 19.0 Å². The number of H-pyrrole nitrogens is 1. The van der Waals surface area contributed by atoms with Gasteiger partial charge in [-0.05, 0) is 18.8 Å². The summed E-state index contributed by atoms with van der Waals surface area (Å²) in [5, 5.41) is 6.69. The van der Waals surface area contributed by atoms with Crippen LogP contribution in [0, 0.1) is 0 Å². The van der Waals surface area contributed by atoms with Gasteiger partial charge < -0.3 is 14.8 Å². The van der Waals surface area contributed by atoms with Gasteiger partial charge in [-0.2, -0.15) is 0 Å². The fraction of sp³-hybridized carbons (Fsp3) is 0.467. The van der Waals surface area contributed by atoms with E-state index in [-0.39, 0.29) is 29.0 Å². The summed E-state index contributed by atoms with van der Waals surface area (Å²) in [4.78, 5) is 30.7. The fourth-order valence-electron chi connectivity index (χ4n) is 2.28. The van der Waals surface area contributed by atoms with Crippen LogP contribution in [0.2, 0.25) is 0 Å². The first-order valence-electron chi connectivity index (χ1n) is 7.37. The highest BCUT2D eigenvalue weighted by Gasteiger charge is 2.27. The SMILES string of the molecule is CC(C)c1nocc1CNC(=O)c1cc(=O)[nH]c(C2CC2)n1. The van der Waals surface area contributed by atoms with Gasteiger partial charge in [0.05, 0.1) is 5.69 Å². The van der Waals surface area contributed by atoms with E-state index in [0.29, 0.717) is 12.4 Å². The van der Waals surface area contributed by atoms with Gasteiger partial charge in [-0.25, -0.2) is 4.98 Å². The third-order valence-electron chi connectivity index (χ3n) is 3.62. The number of nitrogens with zero attached hydrogens (tertiary/aromatic N) is 2. The number of hydrogen-bond acceptors (Lipinski definition) is 5. The first-order chi connectivity index (χ1) is 10.5. The zero-order chi connectivity index (χ0) is 15.7. The maximum Gasteiger partial charge on any atom is 0.270 e. The van der Waals surface area contributed by atoms with E-state index >= 15 is 0 Å². The molecule has 0 bridgehead atoms. The van der Waals surface area contributed by atoms with Gasteiger partial charge in [-0.15, -0.1) is 0 Å². The summed E-state index contributed by atoms with van der Waals surface area (Å²) in [5.74, 6) is 0.727. The Balaban J connectivity index is 1.72. The number of nitrogens with one attached hydrogen (secondary N) is 2. The van der Waals surface area contributed by atoms with Crippen molar-refractivity contribution in [2.75, 3.05) is 0 Å². The standard InChI is InChI=1S/C15H18N4O3/c1-8(2)13-10(7-22-19-13)6-16-15(21)11-5-12(20)18-14(17-11)9-3-4-9/h5,7-9H,3-4,6H2,1-2H3,(H,16,21)(H,17,18,20). The second-order valence-corrected chi connectivity index (χ2v) is 5.85. The highest BCUT2D eigenvalue weighted by Crippen LogP contribution is 2.37. The Labute approximate surface area is 127 Å². The summed E-state index contributed by atoms with van der Waals surface area (Å²) in [6, 6.07) is 1.22. The molecule has 1 fully saturated rings. The van der Waals surface area contributed by atoms with Crippen molar-refractivity contribution in [2.45, 2.75) is 45.1 Å². The van der Waals surface area contributed by atoms with E-state index in [1.807, 2.05) is 13.8 Å². The molecule has 22 heavy (non-hydrogen) atoms. The number of amides is 1. The van der Waals surface area contributed by atoms with Crippen molar-refractivity contribution in [1.29, 1.82) is 0 Å². The number of aromatic amines is 1. The number of carbonyl (C=O) groups excluding carboxylic acids is 1. The molecule has 0 spiro atoms. The predicted octanol–water partition coefficient (Wildman–Crippen LogP) is 1.69. The molecule has 1 amide bonds. The molecule has 2 aromatic heterocycles. The Bertz CT molecular complexity index is 743. The monoisotopic (exact) mass is 302 g/mol. The van der Waals surface area contributed by atoms with Gasteiger partial charge in [-0.3, -0.25) is 9.59 Å². The molecule has 1 saturated carbocycles. The average molecular weight is 302 g/mol. The van der Waals surface area contributed by atoms with E-state index in [4.69, 9.17) is 4.52 Å². The molecule has 0 aliphatic heterocycles. The molecule has 0 aromatic carbocycles. The van der Waals surface area contributed by atoms with E-state index in [1.54, 1.807) is 0 Å². The highest BCUT2D eigenvalue weighted by atomic mass is 16.5. The molecule has 1 aliphatic carbocycles. The van der Waals surface area contributed by atoms with Crippen molar-refractivity contribution >= 4 is 5.91 Å². The van der Waals surface area contributed by atoms with E-state index < -0.39 is 0 Å². The lowest BCUT2D eigenvalue weighted by molar-refractivity contribution is 0.0945. The summed E-state index contributed by atoms with van der Waals surface area (Å²) in [5.41, 5.74) is 1.50. The molecule has 2 N–H and O–H groups in total. The second-order valence-electron chi connectivity index (χ2n) is 5.85. The third kappa shape index (κ3) is 3.08. The lowest BCUT2D eigenvalue weighted by Crippen LogP contribution is -2.27. The second kappa shape index (κ2) is 5.75. The van der Waals surface area contributed by atoms with Gasteiger partial charge >= 0.3 is 0 Å². The molecule has 0 unspecified atom stereocenters. The summed E-state index contributed by atoms with van der Waals surface area (Å²) in [6.07, 6.45) is 3.54. The largest absolute Gasteiger partial charge is 0.364 e. The number of rotatable bonds is 5. The summed E-state index contributed by atoms with van der Waals surface area (Å²) >= 11 is 0. The topological polar surface area (TPSA) is 101 Å². The van der Waals surface area contributed by atoms with Gasteiger partial charge in [0.15, 0.2) is 0 Å². The van der Waals surface area contributed by atoms with Crippen LogP contribution in [0.3, 0.4) is 0 Å². The van der Waals surface area contributed by atoms with Crippen LogP contribution in [0.5, 0.6) is 0 Å². The Hall–Kier alpha value is -2.44. The molecule has 0 saturated heterocycles. The number of hydrogen-bond donors (Lipinski definition) is 2. The Morgan fingerprint density at radius 2 is 2.27 bits per heavy atom. The van der Waals surface area contributed by atoms with Crippen LogP contribution in [0.25, 0.3) is 0 Å². The summed E-state index contributed by atoms with van der Waals surface area (Å²) in [7, 11) is 0. The van der Waals surface area contributed by atoms with Gasteiger partial charge in [0.25, 0.3) is 11.5 Å². The molecule has 3 rings (SSSR count). The predicted molar refractivity (Wildman–Crippen MR) is 78.6 cm³/mol. The van der Waals surface area contributed by atoms with Gasteiger partial charge in [0.2, 0.25) is 0 Å². The van der Waals surface area contributed by atoms with Gasteiger partial charge in [0, 0.05) is 24.1 Å². The van der Waals surface area contributed by atoms with Crippen molar-refractivity contribution < 1.29 is 9.32 Å². The first kappa shape index (κ1) is 14.5. The van der Waals surface area contributed by atoms with Crippen LogP contribution >= 0.6 is 0 Å². The van der Waals surface area contributed by atoms with Crippen LogP contribution in [-0.4, -0.2) is 21.0 Å². The quantitative estimate of drug-likeness (QED) is 0.875. The molecule has 7 nitrogen and oxygen atoms in total. The molecule has 2 aromatic rings. The Kier molecular flexibility index (Phi) is 3.79. The molecule has 0 radical (unpaired) electrons. The number of carbonyl (C=O) groups is 1. The third-order valence-corrected chi connectivity index (χ3v) is 3.62. The zero-order valence-electron chi connectivity index (χ0n) is 12.5. The van der Waals surface area contributed by atoms with Crippen LogP contribution in [-0.2, 0) is 6.54 Å². The van der Waals surface area contributed by atoms with E-state index in [0.717, 1.165) is 24.1 Å². The highest BCUT2D eigenvalue weighted by molar-refractivity contribution is 5.92. The molecule has 7 heteroatoms. The molecular formula is C15H18N4O3. The first-order valence-corrected chi connectivity index (χ1v) is 7.37. The zero-order valence-corrected chi connectivity index (χ0v) is 12.5. The van der Waals surface area contributed by atoms with E-state index in [9.17, 15) is 9.59 Å². The van der Waals surface area contributed by atoms with Crippen molar-refractivity contribution in [1.82, 2.24) is 20.4 Å². The normalized spacial score (nSPS) is 14.3.